The quantitative estimate of drug-likeness (QED) is 0.671. The largest absolute Gasteiger partial charge is 0.329 e. The van der Waals surface area contributed by atoms with Gasteiger partial charge in [0.15, 0.2) is 0 Å². The summed E-state index contributed by atoms with van der Waals surface area (Å²) in [6, 6.07) is 0.604. The highest BCUT2D eigenvalue weighted by Crippen LogP contribution is 2.06. The average Bonchev–Trinajstić information content (AvgIpc) is 2.13. The molecule has 0 aromatic rings. The third-order valence-electron chi connectivity index (χ3n) is 1.95. The Bertz CT molecular complexity index is 72.8. The van der Waals surface area contributed by atoms with Gasteiger partial charge in [0.25, 0.3) is 0 Å². The number of halogens is 2. The lowest BCUT2D eigenvalue weighted by atomic mass is 10.1. The van der Waals surface area contributed by atoms with E-state index in [0.29, 0.717) is 6.04 Å². The van der Waals surface area contributed by atoms with Crippen LogP contribution in [0.5, 0.6) is 0 Å². The third kappa shape index (κ3) is 5.74. The second kappa shape index (κ2) is 8.60. The predicted octanol–water partition coefficient (Wildman–Crippen LogP) is 1.32. The molecule has 1 fully saturated rings. The van der Waals surface area contributed by atoms with Crippen molar-refractivity contribution in [1.82, 2.24) is 5.32 Å². The van der Waals surface area contributed by atoms with E-state index in [1.807, 2.05) is 0 Å². The Morgan fingerprint density at radius 1 is 1.18 bits per heavy atom. The van der Waals surface area contributed by atoms with Gasteiger partial charge >= 0.3 is 0 Å². The molecule has 1 heterocycles. The maximum absolute atomic E-state index is 5.51. The van der Waals surface area contributed by atoms with Crippen molar-refractivity contribution in [3.8, 4) is 0 Å². The molecule has 0 bridgehead atoms. The van der Waals surface area contributed by atoms with Gasteiger partial charge in [-0.15, -0.1) is 24.8 Å². The summed E-state index contributed by atoms with van der Waals surface area (Å²) < 4.78 is 0. The normalized spacial score (nSPS) is 24.3. The molecule has 3 N–H and O–H groups in total. The van der Waals surface area contributed by atoms with E-state index in [0.717, 1.165) is 6.54 Å². The van der Waals surface area contributed by atoms with Crippen LogP contribution in [0.1, 0.15) is 25.7 Å². The molecule has 0 spiro atoms. The van der Waals surface area contributed by atoms with Crippen molar-refractivity contribution in [2.24, 2.45) is 5.73 Å². The lowest BCUT2D eigenvalue weighted by Crippen LogP contribution is -2.35. The van der Waals surface area contributed by atoms with E-state index in [4.69, 9.17) is 5.73 Å². The summed E-state index contributed by atoms with van der Waals surface area (Å²) in [6.07, 6.45) is 5.34. The summed E-state index contributed by atoms with van der Waals surface area (Å²) >= 11 is 0. The minimum Gasteiger partial charge on any atom is -0.329 e. The Balaban J connectivity index is 0. The van der Waals surface area contributed by atoms with Crippen molar-refractivity contribution in [2.45, 2.75) is 31.7 Å². The van der Waals surface area contributed by atoms with Crippen molar-refractivity contribution < 1.29 is 0 Å². The van der Waals surface area contributed by atoms with Crippen LogP contribution in [0.3, 0.4) is 0 Å². The zero-order valence-corrected chi connectivity index (χ0v) is 8.35. The van der Waals surface area contributed by atoms with E-state index in [9.17, 15) is 0 Å². The van der Waals surface area contributed by atoms with E-state index in [2.05, 4.69) is 5.32 Å². The summed E-state index contributed by atoms with van der Waals surface area (Å²) in [5, 5.41) is 3.41. The Kier molecular flexibility index (Phi) is 11.0. The zero-order valence-electron chi connectivity index (χ0n) is 6.71. The first-order valence-electron chi connectivity index (χ1n) is 3.87. The highest BCUT2D eigenvalue weighted by Gasteiger charge is 2.07. The van der Waals surface area contributed by atoms with Gasteiger partial charge in [0.05, 0.1) is 0 Å². The van der Waals surface area contributed by atoms with Crippen LogP contribution in [0.25, 0.3) is 0 Å². The van der Waals surface area contributed by atoms with Crippen molar-refractivity contribution in [2.75, 3.05) is 13.1 Å². The number of nitrogens with two attached hydrogens (primary N) is 1. The van der Waals surface area contributed by atoms with Gasteiger partial charge in [0.1, 0.15) is 0 Å². The Morgan fingerprint density at radius 3 is 2.55 bits per heavy atom. The molecule has 0 radical (unpaired) electrons. The fourth-order valence-electron chi connectivity index (χ4n) is 1.30. The molecule has 1 rings (SSSR count). The van der Waals surface area contributed by atoms with Crippen molar-refractivity contribution in [3.63, 3.8) is 0 Å². The summed E-state index contributed by atoms with van der Waals surface area (Å²) in [6.45, 7) is 1.97. The Hall–Kier alpha value is 0.500. The SMILES string of the molecule is Cl.Cl.NCC1CCCCCN1. The number of hydrogen-bond donors (Lipinski definition) is 2. The highest BCUT2D eigenvalue weighted by atomic mass is 35.5. The molecule has 1 unspecified atom stereocenters. The molecular formula is C7H18Cl2N2. The van der Waals surface area contributed by atoms with E-state index < -0.39 is 0 Å². The zero-order chi connectivity index (χ0) is 6.53. The maximum Gasteiger partial charge on any atom is 0.0190 e. The Morgan fingerprint density at radius 2 is 1.91 bits per heavy atom. The molecular weight excluding hydrogens is 183 g/mol. The smallest absolute Gasteiger partial charge is 0.0190 e. The van der Waals surface area contributed by atoms with Gasteiger partial charge in [-0.3, -0.25) is 0 Å². The molecule has 1 aliphatic rings. The lowest BCUT2D eigenvalue weighted by Gasteiger charge is -2.11. The van der Waals surface area contributed by atoms with Crippen LogP contribution >= 0.6 is 24.8 Å². The first kappa shape index (κ1) is 14.0. The summed E-state index contributed by atoms with van der Waals surface area (Å²) in [4.78, 5) is 0. The van der Waals surface area contributed by atoms with Crippen molar-refractivity contribution in [3.05, 3.63) is 0 Å². The molecule has 1 atom stereocenters. The Labute approximate surface area is 81.1 Å². The highest BCUT2D eigenvalue weighted by molar-refractivity contribution is 5.85. The van der Waals surface area contributed by atoms with Crippen molar-refractivity contribution >= 4 is 24.8 Å². The molecule has 1 saturated heterocycles. The van der Waals surface area contributed by atoms with Crippen LogP contribution in [0.4, 0.5) is 0 Å². The second-order valence-corrected chi connectivity index (χ2v) is 2.74. The van der Waals surface area contributed by atoms with Crippen LogP contribution in [0, 0.1) is 0 Å². The maximum atomic E-state index is 5.51. The summed E-state index contributed by atoms with van der Waals surface area (Å²) in [7, 11) is 0. The van der Waals surface area contributed by atoms with Crippen LogP contribution in [-0.4, -0.2) is 19.1 Å². The summed E-state index contributed by atoms with van der Waals surface area (Å²) in [5.41, 5.74) is 5.51. The first-order chi connectivity index (χ1) is 4.43. The molecule has 0 aliphatic carbocycles. The van der Waals surface area contributed by atoms with E-state index >= 15 is 0 Å². The van der Waals surface area contributed by atoms with Gasteiger partial charge in [-0.2, -0.15) is 0 Å². The molecule has 0 amide bonds. The minimum absolute atomic E-state index is 0. The molecule has 0 aromatic carbocycles. The molecule has 2 nitrogen and oxygen atoms in total. The molecule has 1 aliphatic heterocycles. The molecule has 11 heavy (non-hydrogen) atoms. The van der Waals surface area contributed by atoms with Gasteiger partial charge in [-0.1, -0.05) is 12.8 Å². The number of hydrogen-bond acceptors (Lipinski definition) is 2. The molecule has 70 valence electrons. The van der Waals surface area contributed by atoms with Crippen LogP contribution in [0.2, 0.25) is 0 Å². The van der Waals surface area contributed by atoms with Gasteiger partial charge in [0, 0.05) is 12.6 Å². The molecule has 0 aromatic heterocycles. The van der Waals surface area contributed by atoms with Gasteiger partial charge in [0.2, 0.25) is 0 Å². The predicted molar refractivity (Wildman–Crippen MR) is 53.8 cm³/mol. The van der Waals surface area contributed by atoms with Crippen LogP contribution in [0.15, 0.2) is 0 Å². The van der Waals surface area contributed by atoms with Crippen LogP contribution in [-0.2, 0) is 0 Å². The number of nitrogens with one attached hydrogen (secondary N) is 1. The van der Waals surface area contributed by atoms with Gasteiger partial charge in [-0.05, 0) is 19.4 Å². The molecule has 0 saturated carbocycles. The van der Waals surface area contributed by atoms with E-state index in [-0.39, 0.29) is 24.8 Å². The lowest BCUT2D eigenvalue weighted by molar-refractivity contribution is 0.519. The average molecular weight is 201 g/mol. The fraction of sp³-hybridized carbons (Fsp3) is 1.00. The van der Waals surface area contributed by atoms with Crippen LogP contribution < -0.4 is 11.1 Å². The first-order valence-corrected chi connectivity index (χ1v) is 3.87. The van der Waals surface area contributed by atoms with E-state index in [1.54, 1.807) is 0 Å². The third-order valence-corrected chi connectivity index (χ3v) is 1.95. The molecule has 4 heteroatoms. The van der Waals surface area contributed by atoms with E-state index in [1.165, 1.54) is 32.2 Å². The standard InChI is InChI=1S/C7H16N2.2ClH/c8-6-7-4-2-1-3-5-9-7;;/h7,9H,1-6,8H2;2*1H. The second-order valence-electron chi connectivity index (χ2n) is 2.74. The van der Waals surface area contributed by atoms with Gasteiger partial charge < -0.3 is 11.1 Å². The van der Waals surface area contributed by atoms with Crippen molar-refractivity contribution in [1.29, 1.82) is 0 Å². The summed E-state index contributed by atoms with van der Waals surface area (Å²) in [5.74, 6) is 0. The fourth-order valence-corrected chi connectivity index (χ4v) is 1.30. The topological polar surface area (TPSA) is 38.0 Å². The number of rotatable bonds is 1. The van der Waals surface area contributed by atoms with Gasteiger partial charge in [-0.25, -0.2) is 0 Å². The minimum atomic E-state index is 0. The monoisotopic (exact) mass is 200 g/mol.